The first kappa shape index (κ1) is 14.2. The van der Waals surface area contributed by atoms with Crippen molar-refractivity contribution in [3.8, 4) is 0 Å². The molecule has 0 aliphatic carbocycles. The molecule has 0 aliphatic rings. The highest BCUT2D eigenvalue weighted by Gasteiger charge is 2.20. The highest BCUT2D eigenvalue weighted by Crippen LogP contribution is 2.31. The number of nitrogens with one attached hydrogen (secondary N) is 1. The van der Waals surface area contributed by atoms with Crippen LogP contribution in [0, 0.1) is 6.92 Å². The molecule has 0 fully saturated rings. The van der Waals surface area contributed by atoms with Gasteiger partial charge in [0.2, 0.25) is 0 Å². The highest BCUT2D eigenvalue weighted by molar-refractivity contribution is 7.09. The van der Waals surface area contributed by atoms with E-state index in [1.54, 1.807) is 11.3 Å². The first-order valence-electron chi connectivity index (χ1n) is 7.31. The predicted octanol–water partition coefficient (Wildman–Crippen LogP) is 4.69. The minimum absolute atomic E-state index is 0.148. The van der Waals surface area contributed by atoms with Gasteiger partial charge >= 0.3 is 0 Å². The maximum absolute atomic E-state index is 4.70. The van der Waals surface area contributed by atoms with Crippen molar-refractivity contribution in [1.82, 2.24) is 10.3 Å². The van der Waals surface area contributed by atoms with E-state index in [4.69, 9.17) is 4.98 Å². The summed E-state index contributed by atoms with van der Waals surface area (Å²) in [6, 6.07) is 15.6. The van der Waals surface area contributed by atoms with Crippen LogP contribution in [0.4, 0.5) is 0 Å². The van der Waals surface area contributed by atoms with E-state index in [-0.39, 0.29) is 6.04 Å². The van der Waals surface area contributed by atoms with Gasteiger partial charge in [-0.2, -0.15) is 0 Å². The summed E-state index contributed by atoms with van der Waals surface area (Å²) in [5.41, 5.74) is 2.39. The summed E-state index contributed by atoms with van der Waals surface area (Å²) in [6.07, 6.45) is 0. The van der Waals surface area contributed by atoms with Crippen molar-refractivity contribution >= 4 is 22.1 Å². The van der Waals surface area contributed by atoms with Crippen molar-refractivity contribution < 1.29 is 0 Å². The maximum atomic E-state index is 4.70. The lowest BCUT2D eigenvalue weighted by atomic mass is 9.98. The minimum atomic E-state index is 0.148. The van der Waals surface area contributed by atoms with Gasteiger partial charge in [0.1, 0.15) is 5.01 Å². The van der Waals surface area contributed by atoms with Crippen LogP contribution in [0.3, 0.4) is 0 Å². The summed E-state index contributed by atoms with van der Waals surface area (Å²) in [6.45, 7) is 6.41. The van der Waals surface area contributed by atoms with Crippen molar-refractivity contribution in [2.45, 2.75) is 32.9 Å². The summed E-state index contributed by atoms with van der Waals surface area (Å²) < 4.78 is 0. The predicted molar refractivity (Wildman–Crippen MR) is 90.9 cm³/mol. The van der Waals surface area contributed by atoms with Gasteiger partial charge in [-0.3, -0.25) is 0 Å². The Morgan fingerprint density at radius 1 is 1.05 bits per heavy atom. The lowest BCUT2D eigenvalue weighted by Gasteiger charge is -2.21. The van der Waals surface area contributed by atoms with Crippen LogP contribution >= 0.6 is 11.3 Å². The normalized spacial score (nSPS) is 13.0. The Morgan fingerprint density at radius 2 is 1.81 bits per heavy atom. The second kappa shape index (κ2) is 5.96. The van der Waals surface area contributed by atoms with E-state index in [0.29, 0.717) is 6.04 Å². The lowest BCUT2D eigenvalue weighted by molar-refractivity contribution is 0.529. The molecule has 1 atom stereocenters. The zero-order valence-corrected chi connectivity index (χ0v) is 13.4. The molecule has 2 aromatic carbocycles. The van der Waals surface area contributed by atoms with Crippen LogP contribution in [-0.4, -0.2) is 11.0 Å². The van der Waals surface area contributed by atoms with E-state index in [1.165, 1.54) is 16.3 Å². The number of hydrogen-bond acceptors (Lipinski definition) is 3. The molecule has 0 saturated heterocycles. The van der Waals surface area contributed by atoms with Crippen LogP contribution in [0.2, 0.25) is 0 Å². The molecule has 0 saturated carbocycles. The van der Waals surface area contributed by atoms with Crippen molar-refractivity contribution in [2.24, 2.45) is 0 Å². The molecule has 3 heteroatoms. The second-order valence-electron chi connectivity index (χ2n) is 5.65. The molecule has 0 amide bonds. The molecule has 21 heavy (non-hydrogen) atoms. The van der Waals surface area contributed by atoms with Crippen LogP contribution in [0.5, 0.6) is 0 Å². The van der Waals surface area contributed by atoms with E-state index in [9.17, 15) is 0 Å². The third kappa shape index (κ3) is 2.99. The summed E-state index contributed by atoms with van der Waals surface area (Å²) in [5.74, 6) is 0. The van der Waals surface area contributed by atoms with Crippen LogP contribution in [0.15, 0.2) is 47.8 Å². The van der Waals surface area contributed by atoms with Gasteiger partial charge in [-0.15, -0.1) is 11.3 Å². The van der Waals surface area contributed by atoms with E-state index in [0.717, 1.165) is 10.7 Å². The summed E-state index contributed by atoms with van der Waals surface area (Å²) in [7, 11) is 0. The van der Waals surface area contributed by atoms with Crippen molar-refractivity contribution in [1.29, 1.82) is 0 Å². The van der Waals surface area contributed by atoms with Crippen molar-refractivity contribution in [2.75, 3.05) is 0 Å². The average Bonchev–Trinajstić information content (AvgIpc) is 2.90. The van der Waals surface area contributed by atoms with Gasteiger partial charge in [-0.05, 0) is 37.1 Å². The number of hydrogen-bond donors (Lipinski definition) is 1. The number of fused-ring (bicyclic) bond motifs is 1. The van der Waals surface area contributed by atoms with Gasteiger partial charge in [0, 0.05) is 17.1 Å². The lowest BCUT2D eigenvalue weighted by Crippen LogP contribution is -2.29. The molecule has 0 bridgehead atoms. The van der Waals surface area contributed by atoms with Crippen LogP contribution in [0.25, 0.3) is 10.8 Å². The van der Waals surface area contributed by atoms with Crippen molar-refractivity contribution in [3.63, 3.8) is 0 Å². The Morgan fingerprint density at radius 3 is 2.52 bits per heavy atom. The molecule has 1 aromatic heterocycles. The fourth-order valence-corrected chi connectivity index (χ4v) is 3.51. The molecular formula is C18H20N2S. The molecule has 0 radical (unpaired) electrons. The SMILES string of the molecule is Cc1csc(C(NC(C)C)c2cccc3ccccc23)n1. The molecule has 0 aliphatic heterocycles. The maximum Gasteiger partial charge on any atom is 0.114 e. The Bertz CT molecular complexity index is 740. The molecule has 0 spiro atoms. The number of thiazole rings is 1. The van der Waals surface area contributed by atoms with E-state index < -0.39 is 0 Å². The van der Waals surface area contributed by atoms with Crippen LogP contribution < -0.4 is 5.32 Å². The molecule has 3 rings (SSSR count). The average molecular weight is 296 g/mol. The summed E-state index contributed by atoms with van der Waals surface area (Å²) >= 11 is 1.73. The molecule has 1 N–H and O–H groups in total. The number of benzene rings is 2. The Kier molecular flexibility index (Phi) is 4.04. The first-order chi connectivity index (χ1) is 10.1. The molecule has 1 unspecified atom stereocenters. The first-order valence-corrected chi connectivity index (χ1v) is 8.19. The third-order valence-electron chi connectivity index (χ3n) is 3.52. The number of nitrogens with zero attached hydrogens (tertiary/aromatic N) is 1. The smallest absolute Gasteiger partial charge is 0.114 e. The van der Waals surface area contributed by atoms with Gasteiger partial charge in [0.05, 0.1) is 6.04 Å². The van der Waals surface area contributed by atoms with Gasteiger partial charge in [0.15, 0.2) is 0 Å². The van der Waals surface area contributed by atoms with Gasteiger partial charge in [0.25, 0.3) is 0 Å². The minimum Gasteiger partial charge on any atom is -0.302 e. The second-order valence-corrected chi connectivity index (χ2v) is 6.54. The van der Waals surface area contributed by atoms with Crippen LogP contribution in [0.1, 0.15) is 36.2 Å². The topological polar surface area (TPSA) is 24.9 Å². The fraction of sp³-hybridized carbons (Fsp3) is 0.278. The zero-order chi connectivity index (χ0) is 14.8. The van der Waals surface area contributed by atoms with E-state index >= 15 is 0 Å². The number of rotatable bonds is 4. The Balaban J connectivity index is 2.14. The van der Waals surface area contributed by atoms with Gasteiger partial charge in [-0.1, -0.05) is 42.5 Å². The molecule has 3 aromatic rings. The third-order valence-corrected chi connectivity index (χ3v) is 4.55. The largest absolute Gasteiger partial charge is 0.302 e. The monoisotopic (exact) mass is 296 g/mol. The molecule has 2 nitrogen and oxygen atoms in total. The van der Waals surface area contributed by atoms with Gasteiger partial charge in [-0.25, -0.2) is 4.98 Å². The van der Waals surface area contributed by atoms with Crippen LogP contribution in [-0.2, 0) is 0 Å². The number of aryl methyl sites for hydroxylation is 1. The fourth-order valence-electron chi connectivity index (χ4n) is 2.63. The zero-order valence-electron chi connectivity index (χ0n) is 12.6. The Labute approximate surface area is 129 Å². The summed E-state index contributed by atoms with van der Waals surface area (Å²) in [4.78, 5) is 4.70. The number of aromatic nitrogens is 1. The van der Waals surface area contributed by atoms with E-state index in [2.05, 4.69) is 73.9 Å². The van der Waals surface area contributed by atoms with Crippen molar-refractivity contribution in [3.05, 3.63) is 64.1 Å². The van der Waals surface area contributed by atoms with E-state index in [1.807, 2.05) is 0 Å². The molecule has 1 heterocycles. The Hall–Kier alpha value is -1.71. The van der Waals surface area contributed by atoms with Gasteiger partial charge < -0.3 is 5.32 Å². The highest BCUT2D eigenvalue weighted by atomic mass is 32.1. The molecule has 108 valence electrons. The standard InChI is InChI=1S/C18H20N2S/c1-12(2)19-17(18-20-13(3)11-21-18)16-10-6-8-14-7-4-5-9-15(14)16/h4-12,17,19H,1-3H3. The quantitative estimate of drug-likeness (QED) is 0.755. The molecular weight excluding hydrogens is 276 g/mol. The summed E-state index contributed by atoms with van der Waals surface area (Å²) in [5, 5.41) is 9.50.